The van der Waals surface area contributed by atoms with E-state index in [0.29, 0.717) is 11.4 Å². The van der Waals surface area contributed by atoms with Crippen LogP contribution in [0.2, 0.25) is 0 Å². The van der Waals surface area contributed by atoms with Crippen LogP contribution in [0.1, 0.15) is 34.0 Å². The number of aromatic nitrogens is 1. The van der Waals surface area contributed by atoms with Crippen molar-refractivity contribution in [1.82, 2.24) is 4.57 Å². The molecule has 4 rings (SSSR count). The third-order valence-corrected chi connectivity index (χ3v) is 4.88. The monoisotopic (exact) mass is 378 g/mol. The van der Waals surface area contributed by atoms with E-state index in [-0.39, 0.29) is 29.3 Å². The normalized spacial score (nSPS) is 15.6. The Morgan fingerprint density at radius 1 is 1.21 bits per heavy atom. The number of nitrogens with zero attached hydrogens (tertiary/aromatic N) is 1. The predicted octanol–water partition coefficient (Wildman–Crippen LogP) is 3.36. The maximum absolute atomic E-state index is 12.3. The quantitative estimate of drug-likeness (QED) is 0.646. The molecule has 3 N–H and O–H groups in total. The molecule has 28 heavy (non-hydrogen) atoms. The van der Waals surface area contributed by atoms with Gasteiger partial charge in [-0.3, -0.25) is 4.79 Å². The topological polar surface area (TPSA) is 101 Å². The SMILES string of the molecule is COc1ccc(-n2cc(C(=O)O)c3c2[C@@H](c2cccc(O)c2)CC(=O)N3)cc1. The van der Waals surface area contributed by atoms with Gasteiger partial charge in [-0.05, 0) is 42.0 Å². The standard InChI is InChI=1S/C21H18N2O5/c1-28-15-7-5-13(6-8-15)23-11-17(21(26)27)19-20(23)16(10-18(25)22-19)12-3-2-4-14(24)9-12/h2-9,11,16,24H,10H2,1H3,(H,22,25)(H,26,27)/t16-/m1/s1. The van der Waals surface area contributed by atoms with Gasteiger partial charge in [0.2, 0.25) is 5.91 Å². The summed E-state index contributed by atoms with van der Waals surface area (Å²) >= 11 is 0. The number of carbonyl (C=O) groups is 2. The van der Waals surface area contributed by atoms with E-state index in [4.69, 9.17) is 4.74 Å². The lowest BCUT2D eigenvalue weighted by molar-refractivity contribution is -0.116. The molecule has 1 amide bonds. The summed E-state index contributed by atoms with van der Waals surface area (Å²) in [7, 11) is 1.57. The van der Waals surface area contributed by atoms with Crippen molar-refractivity contribution in [3.05, 3.63) is 71.5 Å². The summed E-state index contributed by atoms with van der Waals surface area (Å²) in [6, 6.07) is 13.9. The van der Waals surface area contributed by atoms with Crippen molar-refractivity contribution in [1.29, 1.82) is 0 Å². The maximum Gasteiger partial charge on any atom is 0.339 e. The van der Waals surface area contributed by atoms with Crippen LogP contribution in [0.25, 0.3) is 5.69 Å². The third-order valence-electron chi connectivity index (χ3n) is 4.88. The molecule has 0 fully saturated rings. The van der Waals surface area contributed by atoms with E-state index in [1.54, 1.807) is 42.0 Å². The largest absolute Gasteiger partial charge is 0.508 e. The van der Waals surface area contributed by atoms with Crippen molar-refractivity contribution in [3.8, 4) is 17.2 Å². The number of hydrogen-bond donors (Lipinski definition) is 3. The van der Waals surface area contributed by atoms with E-state index < -0.39 is 11.9 Å². The van der Waals surface area contributed by atoms with Crippen LogP contribution in [0.4, 0.5) is 5.69 Å². The molecule has 1 aliphatic heterocycles. The number of phenolic OH excluding ortho intramolecular Hbond substituents is 1. The number of rotatable bonds is 4. The molecule has 1 atom stereocenters. The minimum absolute atomic E-state index is 0.0176. The van der Waals surface area contributed by atoms with Crippen molar-refractivity contribution in [2.75, 3.05) is 12.4 Å². The number of phenols is 1. The lowest BCUT2D eigenvalue weighted by Gasteiger charge is -2.26. The zero-order chi connectivity index (χ0) is 19.8. The Hall–Kier alpha value is -3.74. The van der Waals surface area contributed by atoms with Gasteiger partial charge in [0.25, 0.3) is 0 Å². The first-order valence-electron chi connectivity index (χ1n) is 8.69. The zero-order valence-corrected chi connectivity index (χ0v) is 15.0. The van der Waals surface area contributed by atoms with Gasteiger partial charge in [0.05, 0.1) is 18.5 Å². The Bertz CT molecular complexity index is 1070. The van der Waals surface area contributed by atoms with E-state index in [1.807, 2.05) is 18.2 Å². The lowest BCUT2D eigenvalue weighted by atomic mass is 9.88. The molecule has 7 heteroatoms. The minimum atomic E-state index is -1.12. The van der Waals surface area contributed by atoms with Crippen LogP contribution in [-0.2, 0) is 4.79 Å². The van der Waals surface area contributed by atoms with Crippen LogP contribution in [0.5, 0.6) is 11.5 Å². The Balaban J connectivity index is 1.94. The molecule has 0 spiro atoms. The van der Waals surface area contributed by atoms with Crippen LogP contribution < -0.4 is 10.1 Å². The first-order valence-corrected chi connectivity index (χ1v) is 8.69. The van der Waals surface area contributed by atoms with Crippen molar-refractivity contribution in [3.63, 3.8) is 0 Å². The molecule has 0 saturated carbocycles. The van der Waals surface area contributed by atoms with Gasteiger partial charge in [-0.1, -0.05) is 12.1 Å². The second kappa shape index (κ2) is 6.77. The number of fused-ring (bicyclic) bond motifs is 1. The summed E-state index contributed by atoms with van der Waals surface area (Å²) in [4.78, 5) is 24.1. The fourth-order valence-electron chi connectivity index (χ4n) is 3.60. The van der Waals surface area contributed by atoms with Gasteiger partial charge in [0.15, 0.2) is 0 Å². The average Bonchev–Trinajstić information content (AvgIpc) is 3.07. The first kappa shape index (κ1) is 17.7. The summed E-state index contributed by atoms with van der Waals surface area (Å²) in [6.45, 7) is 0. The van der Waals surface area contributed by atoms with E-state index in [0.717, 1.165) is 11.3 Å². The summed E-state index contributed by atoms with van der Waals surface area (Å²) in [5.41, 5.74) is 2.44. The second-order valence-electron chi connectivity index (χ2n) is 6.58. The highest BCUT2D eigenvalue weighted by atomic mass is 16.5. The lowest BCUT2D eigenvalue weighted by Crippen LogP contribution is -2.25. The number of hydrogen-bond acceptors (Lipinski definition) is 4. The smallest absolute Gasteiger partial charge is 0.339 e. The number of carboxylic acids is 1. The minimum Gasteiger partial charge on any atom is -0.508 e. The highest BCUT2D eigenvalue weighted by Gasteiger charge is 2.34. The van der Waals surface area contributed by atoms with Gasteiger partial charge in [-0.15, -0.1) is 0 Å². The highest BCUT2D eigenvalue weighted by molar-refractivity contribution is 6.04. The molecule has 0 unspecified atom stereocenters. The Morgan fingerprint density at radius 2 is 1.96 bits per heavy atom. The molecular formula is C21H18N2O5. The summed E-state index contributed by atoms with van der Waals surface area (Å²) in [5, 5.41) is 22.2. The first-order chi connectivity index (χ1) is 13.5. The van der Waals surface area contributed by atoms with E-state index >= 15 is 0 Å². The number of nitrogens with one attached hydrogen (secondary N) is 1. The molecule has 0 saturated heterocycles. The molecule has 7 nitrogen and oxygen atoms in total. The number of carbonyl (C=O) groups excluding carboxylic acids is 1. The molecule has 0 aliphatic carbocycles. The Labute approximate surface area is 160 Å². The molecule has 2 aromatic carbocycles. The van der Waals surface area contributed by atoms with Gasteiger partial charge >= 0.3 is 5.97 Å². The molecule has 2 heterocycles. The molecule has 1 aromatic heterocycles. The van der Waals surface area contributed by atoms with Crippen LogP contribution in [0, 0.1) is 0 Å². The predicted molar refractivity (Wildman–Crippen MR) is 102 cm³/mol. The van der Waals surface area contributed by atoms with Gasteiger partial charge in [0.1, 0.15) is 17.1 Å². The summed E-state index contributed by atoms with van der Waals surface area (Å²) in [5.74, 6) is -1.02. The van der Waals surface area contributed by atoms with Gasteiger partial charge in [0, 0.05) is 24.2 Å². The van der Waals surface area contributed by atoms with Gasteiger partial charge in [-0.2, -0.15) is 0 Å². The second-order valence-corrected chi connectivity index (χ2v) is 6.58. The van der Waals surface area contributed by atoms with Crippen molar-refractivity contribution in [2.24, 2.45) is 0 Å². The number of aromatic carboxylic acids is 1. The van der Waals surface area contributed by atoms with E-state index in [1.165, 1.54) is 6.20 Å². The molecule has 0 radical (unpaired) electrons. The van der Waals surface area contributed by atoms with Crippen LogP contribution in [0.15, 0.2) is 54.7 Å². The number of amides is 1. The summed E-state index contributed by atoms with van der Waals surface area (Å²) in [6.07, 6.45) is 1.66. The zero-order valence-electron chi connectivity index (χ0n) is 15.0. The van der Waals surface area contributed by atoms with Crippen LogP contribution >= 0.6 is 0 Å². The van der Waals surface area contributed by atoms with Crippen molar-refractivity contribution >= 4 is 17.6 Å². The van der Waals surface area contributed by atoms with E-state index in [9.17, 15) is 19.8 Å². The maximum atomic E-state index is 12.3. The number of carboxylic acid groups (broad SMARTS) is 1. The Morgan fingerprint density at radius 3 is 2.61 bits per heavy atom. The van der Waals surface area contributed by atoms with Crippen LogP contribution in [0.3, 0.4) is 0 Å². The highest BCUT2D eigenvalue weighted by Crippen LogP contribution is 2.42. The Kier molecular flexibility index (Phi) is 4.27. The molecule has 142 valence electrons. The molecular weight excluding hydrogens is 360 g/mol. The number of anilines is 1. The average molecular weight is 378 g/mol. The molecule has 0 bridgehead atoms. The summed E-state index contributed by atoms with van der Waals surface area (Å²) < 4.78 is 6.96. The van der Waals surface area contributed by atoms with Gasteiger partial charge < -0.3 is 24.8 Å². The number of methoxy groups -OCH3 is 1. The fourth-order valence-corrected chi connectivity index (χ4v) is 3.60. The third kappa shape index (κ3) is 2.96. The van der Waals surface area contributed by atoms with E-state index in [2.05, 4.69) is 5.32 Å². The fraction of sp³-hybridized carbons (Fsp3) is 0.143. The number of ether oxygens (including phenoxy) is 1. The van der Waals surface area contributed by atoms with Gasteiger partial charge in [-0.25, -0.2) is 4.79 Å². The molecule has 3 aromatic rings. The number of benzene rings is 2. The molecule has 1 aliphatic rings. The number of aromatic hydroxyl groups is 1. The van der Waals surface area contributed by atoms with Crippen LogP contribution in [-0.4, -0.2) is 33.8 Å². The van der Waals surface area contributed by atoms with Crippen molar-refractivity contribution < 1.29 is 24.5 Å². The van der Waals surface area contributed by atoms with Crippen molar-refractivity contribution in [2.45, 2.75) is 12.3 Å².